The lowest BCUT2D eigenvalue weighted by Gasteiger charge is -2.40. The summed E-state index contributed by atoms with van der Waals surface area (Å²) in [5, 5.41) is 5.87. The summed E-state index contributed by atoms with van der Waals surface area (Å²) >= 11 is 0. The molecular weight excluding hydrogens is 334 g/mol. The van der Waals surface area contributed by atoms with Gasteiger partial charge in [-0.25, -0.2) is 0 Å². The van der Waals surface area contributed by atoms with Gasteiger partial charge in [0.05, 0.1) is 23.9 Å². The van der Waals surface area contributed by atoms with E-state index in [1.807, 2.05) is 6.20 Å². The van der Waals surface area contributed by atoms with Crippen LogP contribution in [0.25, 0.3) is 10.9 Å². The monoisotopic (exact) mass is 367 g/mol. The Morgan fingerprint density at radius 3 is 2.52 bits per heavy atom. The summed E-state index contributed by atoms with van der Waals surface area (Å²) < 4.78 is 8.67. The highest BCUT2D eigenvalue weighted by molar-refractivity contribution is 5.78. The molecule has 0 N–H and O–H groups in total. The van der Waals surface area contributed by atoms with E-state index in [9.17, 15) is 0 Å². The van der Waals surface area contributed by atoms with Crippen LogP contribution < -0.4 is 0 Å². The summed E-state index contributed by atoms with van der Waals surface area (Å²) in [6, 6.07) is 10.0. The number of fused-ring (bicyclic) bond motifs is 3. The van der Waals surface area contributed by atoms with E-state index < -0.39 is 0 Å². The summed E-state index contributed by atoms with van der Waals surface area (Å²) in [4.78, 5) is 2.81. The van der Waals surface area contributed by atoms with Crippen molar-refractivity contribution in [2.24, 2.45) is 5.92 Å². The summed E-state index contributed by atoms with van der Waals surface area (Å²) in [5.74, 6) is 0.615. The highest BCUT2D eigenvalue weighted by Gasteiger charge is 2.42. The van der Waals surface area contributed by atoms with E-state index >= 15 is 0 Å². The second kappa shape index (κ2) is 7.56. The Kier molecular flexibility index (Phi) is 4.95. The van der Waals surface area contributed by atoms with Crippen molar-refractivity contribution in [3.63, 3.8) is 0 Å². The number of hydrogen-bond donors (Lipinski definition) is 0. The SMILES string of the molecule is C[C@H](CN1[C@@H]2CC[C@H]1C[C@@H](OC1CCCC1)C2)Cn1ncc2ccccc21. The molecule has 4 heteroatoms. The van der Waals surface area contributed by atoms with Crippen LogP contribution in [0.1, 0.15) is 58.3 Å². The summed E-state index contributed by atoms with van der Waals surface area (Å²) in [7, 11) is 0. The largest absolute Gasteiger partial charge is 0.375 e. The first-order chi connectivity index (χ1) is 13.3. The first-order valence-corrected chi connectivity index (χ1v) is 11.1. The quantitative estimate of drug-likeness (QED) is 0.746. The highest BCUT2D eigenvalue weighted by Crippen LogP contribution is 2.39. The fourth-order valence-electron chi connectivity index (χ4n) is 5.81. The van der Waals surface area contributed by atoms with E-state index in [2.05, 4.69) is 45.9 Å². The van der Waals surface area contributed by atoms with Gasteiger partial charge >= 0.3 is 0 Å². The molecule has 2 saturated heterocycles. The van der Waals surface area contributed by atoms with Crippen molar-refractivity contribution in [1.29, 1.82) is 0 Å². The first-order valence-electron chi connectivity index (χ1n) is 11.1. The number of ether oxygens (including phenoxy) is 1. The number of piperidine rings is 1. The molecule has 3 heterocycles. The first kappa shape index (κ1) is 17.7. The molecule has 2 bridgehead atoms. The molecule has 2 aliphatic heterocycles. The van der Waals surface area contributed by atoms with Gasteiger partial charge in [-0.15, -0.1) is 0 Å². The summed E-state index contributed by atoms with van der Waals surface area (Å²) in [5.41, 5.74) is 1.26. The zero-order valence-electron chi connectivity index (χ0n) is 16.6. The van der Waals surface area contributed by atoms with E-state index in [-0.39, 0.29) is 0 Å². The molecule has 0 spiro atoms. The molecule has 1 aliphatic carbocycles. The molecule has 4 nitrogen and oxygen atoms in total. The van der Waals surface area contributed by atoms with Crippen molar-refractivity contribution < 1.29 is 4.74 Å². The molecule has 146 valence electrons. The zero-order valence-corrected chi connectivity index (χ0v) is 16.6. The van der Waals surface area contributed by atoms with Crippen molar-refractivity contribution in [1.82, 2.24) is 14.7 Å². The van der Waals surface area contributed by atoms with Crippen molar-refractivity contribution in [3.05, 3.63) is 30.5 Å². The molecule has 1 aromatic heterocycles. The number of rotatable bonds is 6. The van der Waals surface area contributed by atoms with Gasteiger partial charge in [-0.3, -0.25) is 9.58 Å². The molecule has 0 unspecified atom stereocenters. The lowest BCUT2D eigenvalue weighted by Crippen LogP contribution is -2.48. The van der Waals surface area contributed by atoms with Gasteiger partial charge in [0.15, 0.2) is 0 Å². The topological polar surface area (TPSA) is 30.3 Å². The van der Waals surface area contributed by atoms with Crippen LogP contribution in [-0.2, 0) is 11.3 Å². The Balaban J connectivity index is 1.19. The number of hydrogen-bond acceptors (Lipinski definition) is 3. The molecule has 1 saturated carbocycles. The van der Waals surface area contributed by atoms with E-state index in [1.54, 1.807) is 0 Å². The van der Waals surface area contributed by atoms with Crippen molar-refractivity contribution in [2.45, 2.75) is 89.1 Å². The van der Waals surface area contributed by atoms with Crippen LogP contribution in [0.5, 0.6) is 0 Å². The minimum atomic E-state index is 0.521. The number of para-hydroxylation sites is 1. The Morgan fingerprint density at radius 2 is 1.74 bits per heavy atom. The molecule has 0 radical (unpaired) electrons. The van der Waals surface area contributed by atoms with Gasteiger partial charge in [-0.2, -0.15) is 5.10 Å². The molecule has 4 atom stereocenters. The van der Waals surface area contributed by atoms with Gasteiger partial charge in [0.2, 0.25) is 0 Å². The summed E-state index contributed by atoms with van der Waals surface area (Å²) in [6.07, 6.45) is 13.7. The van der Waals surface area contributed by atoms with E-state index in [4.69, 9.17) is 4.74 Å². The standard InChI is InChI=1S/C23H33N3O/c1-17(16-26-23-9-5-2-6-18(23)14-24-26)15-25-19-10-11-20(25)13-22(12-19)27-21-7-3-4-8-21/h2,5-6,9,14,17,19-22H,3-4,7-8,10-13,15-16H2,1H3/t17-,19-,20+,22+/m1/s1. The molecule has 1 aromatic carbocycles. The molecular formula is C23H33N3O. The third-order valence-electron chi connectivity index (χ3n) is 7.09. The minimum Gasteiger partial charge on any atom is -0.375 e. The fourth-order valence-corrected chi connectivity index (χ4v) is 5.81. The van der Waals surface area contributed by atoms with Gasteiger partial charge in [-0.1, -0.05) is 38.0 Å². The average Bonchev–Trinajstić information content (AvgIpc) is 3.36. The Labute approximate surface area is 162 Å². The maximum absolute atomic E-state index is 6.48. The molecule has 3 fully saturated rings. The molecule has 2 aromatic rings. The smallest absolute Gasteiger partial charge is 0.0682 e. The van der Waals surface area contributed by atoms with Gasteiger partial charge in [0.25, 0.3) is 0 Å². The highest BCUT2D eigenvalue weighted by atomic mass is 16.5. The van der Waals surface area contributed by atoms with E-state index in [0.29, 0.717) is 18.1 Å². The van der Waals surface area contributed by atoms with Gasteiger partial charge in [0, 0.05) is 30.6 Å². The van der Waals surface area contributed by atoms with E-state index in [1.165, 1.54) is 68.8 Å². The van der Waals surface area contributed by atoms with Crippen LogP contribution >= 0.6 is 0 Å². The predicted octanol–water partition coefficient (Wildman–Crippen LogP) is 4.63. The van der Waals surface area contributed by atoms with Gasteiger partial charge < -0.3 is 4.74 Å². The molecule has 27 heavy (non-hydrogen) atoms. The second-order valence-electron chi connectivity index (χ2n) is 9.21. The van der Waals surface area contributed by atoms with Crippen LogP contribution in [0.15, 0.2) is 30.5 Å². The number of nitrogens with zero attached hydrogens (tertiary/aromatic N) is 3. The number of aromatic nitrogens is 2. The van der Waals surface area contributed by atoms with E-state index in [0.717, 1.165) is 18.6 Å². The predicted molar refractivity (Wildman–Crippen MR) is 109 cm³/mol. The van der Waals surface area contributed by atoms with Crippen LogP contribution in [-0.4, -0.2) is 45.5 Å². The Morgan fingerprint density at radius 1 is 1.00 bits per heavy atom. The lowest BCUT2D eigenvalue weighted by atomic mass is 9.97. The lowest BCUT2D eigenvalue weighted by molar-refractivity contribution is -0.0603. The molecule has 3 aliphatic rings. The van der Waals surface area contributed by atoms with Gasteiger partial charge in [0.1, 0.15) is 0 Å². The Bertz CT molecular complexity index is 752. The molecule has 0 amide bonds. The Hall–Kier alpha value is -1.39. The van der Waals surface area contributed by atoms with Crippen molar-refractivity contribution in [2.75, 3.05) is 6.54 Å². The summed E-state index contributed by atoms with van der Waals surface area (Å²) in [6.45, 7) is 4.59. The van der Waals surface area contributed by atoms with Gasteiger partial charge in [-0.05, 0) is 50.5 Å². The van der Waals surface area contributed by atoms with Crippen LogP contribution in [0.3, 0.4) is 0 Å². The minimum absolute atomic E-state index is 0.521. The second-order valence-corrected chi connectivity index (χ2v) is 9.21. The molecule has 5 rings (SSSR count). The van der Waals surface area contributed by atoms with Crippen LogP contribution in [0, 0.1) is 5.92 Å². The third kappa shape index (κ3) is 3.66. The van der Waals surface area contributed by atoms with Crippen molar-refractivity contribution in [3.8, 4) is 0 Å². The van der Waals surface area contributed by atoms with Crippen molar-refractivity contribution >= 4 is 10.9 Å². The maximum atomic E-state index is 6.48. The zero-order chi connectivity index (χ0) is 18.2. The van der Waals surface area contributed by atoms with Crippen LogP contribution in [0.2, 0.25) is 0 Å². The maximum Gasteiger partial charge on any atom is 0.0682 e. The average molecular weight is 368 g/mol. The third-order valence-corrected chi connectivity index (χ3v) is 7.09. The van der Waals surface area contributed by atoms with Crippen LogP contribution in [0.4, 0.5) is 0 Å². The number of benzene rings is 1. The normalized spacial score (nSPS) is 30.3. The fraction of sp³-hybridized carbons (Fsp3) is 0.696.